The summed E-state index contributed by atoms with van der Waals surface area (Å²) in [5, 5.41) is 13.8. The van der Waals surface area contributed by atoms with Crippen molar-refractivity contribution >= 4 is 22.7 Å². The third-order valence-electron chi connectivity index (χ3n) is 2.52. The van der Waals surface area contributed by atoms with Gasteiger partial charge in [0.2, 0.25) is 5.95 Å². The van der Waals surface area contributed by atoms with Crippen molar-refractivity contribution in [2.75, 3.05) is 11.9 Å². The molecule has 6 heteroatoms. The van der Waals surface area contributed by atoms with Crippen LogP contribution in [-0.4, -0.2) is 21.4 Å². The third kappa shape index (κ3) is 2.65. The van der Waals surface area contributed by atoms with Crippen LogP contribution in [-0.2, 0) is 0 Å². The van der Waals surface area contributed by atoms with E-state index in [1.807, 2.05) is 13.0 Å². The van der Waals surface area contributed by atoms with Gasteiger partial charge in [0.05, 0.1) is 16.0 Å². The van der Waals surface area contributed by atoms with Crippen LogP contribution in [0.4, 0.5) is 11.6 Å². The number of hydrogen-bond acceptors (Lipinski definition) is 4. The predicted octanol–water partition coefficient (Wildman–Crippen LogP) is 2.85. The first-order valence-corrected chi connectivity index (χ1v) is 5.70. The van der Waals surface area contributed by atoms with Crippen molar-refractivity contribution in [1.82, 2.24) is 9.97 Å². The Labute approximate surface area is 104 Å². The second-order valence-corrected chi connectivity index (χ2v) is 3.83. The van der Waals surface area contributed by atoms with Crippen LogP contribution in [0.3, 0.4) is 0 Å². The molecule has 6 nitrogen and oxygen atoms in total. The number of fused-ring (bicyclic) bond motifs is 1. The minimum Gasteiger partial charge on any atom is -0.355 e. The largest absolute Gasteiger partial charge is 0.355 e. The zero-order valence-corrected chi connectivity index (χ0v) is 10.0. The quantitative estimate of drug-likeness (QED) is 0.367. The summed E-state index contributed by atoms with van der Waals surface area (Å²) in [6.45, 7) is 2.74. The highest BCUT2D eigenvalue weighted by Gasteiger charge is 2.08. The maximum Gasteiger partial charge on any atom is 0.271 e. The number of rotatable bonds is 5. The van der Waals surface area contributed by atoms with E-state index in [9.17, 15) is 10.1 Å². The maximum absolute atomic E-state index is 10.6. The Morgan fingerprint density at radius 1 is 1.56 bits per heavy atom. The van der Waals surface area contributed by atoms with Gasteiger partial charge in [-0.25, -0.2) is 4.98 Å². The lowest BCUT2D eigenvalue weighted by atomic mass is 10.3. The number of nitro benzene ring substituents is 1. The smallest absolute Gasteiger partial charge is 0.271 e. The van der Waals surface area contributed by atoms with Gasteiger partial charge in [-0.3, -0.25) is 10.1 Å². The molecule has 0 saturated heterocycles. The molecule has 0 aliphatic carbocycles. The summed E-state index contributed by atoms with van der Waals surface area (Å²) in [4.78, 5) is 17.5. The highest BCUT2D eigenvalue weighted by atomic mass is 16.6. The fraction of sp³-hybridized carbons (Fsp3) is 0.250. The molecule has 0 fully saturated rings. The molecule has 1 aromatic carbocycles. The van der Waals surface area contributed by atoms with Gasteiger partial charge in [-0.15, -0.1) is 0 Å². The van der Waals surface area contributed by atoms with Crippen LogP contribution in [0.1, 0.15) is 13.3 Å². The van der Waals surface area contributed by atoms with E-state index in [0.29, 0.717) is 17.0 Å². The number of non-ortho nitro benzene ring substituents is 1. The molecule has 2 aromatic rings. The molecule has 0 aliphatic rings. The maximum atomic E-state index is 10.6. The van der Waals surface area contributed by atoms with E-state index >= 15 is 0 Å². The van der Waals surface area contributed by atoms with Gasteiger partial charge in [-0.2, -0.15) is 0 Å². The lowest BCUT2D eigenvalue weighted by molar-refractivity contribution is -0.384. The summed E-state index contributed by atoms with van der Waals surface area (Å²) in [5.74, 6) is 0.634. The van der Waals surface area contributed by atoms with Crippen LogP contribution < -0.4 is 5.32 Å². The van der Waals surface area contributed by atoms with E-state index in [4.69, 9.17) is 0 Å². The number of benzene rings is 1. The Hall–Kier alpha value is -2.37. The van der Waals surface area contributed by atoms with E-state index in [2.05, 4.69) is 21.4 Å². The molecule has 0 saturated carbocycles. The van der Waals surface area contributed by atoms with Gasteiger partial charge in [-0.05, 0) is 19.4 Å². The molecule has 0 amide bonds. The highest BCUT2D eigenvalue weighted by molar-refractivity contribution is 5.79. The standard InChI is InChI=1S/C12H14N4O2/c1-2-3-4-7-13-12-14-10-6-5-9(16(17)18)8-11(10)15-12/h2-3,5-6,8H,4,7H2,1H3,(H2,13,14,15)/b3-2+. The number of anilines is 1. The second-order valence-electron chi connectivity index (χ2n) is 3.83. The molecule has 1 aromatic heterocycles. The van der Waals surface area contributed by atoms with Crippen molar-refractivity contribution in [1.29, 1.82) is 0 Å². The average molecular weight is 246 g/mol. The molecule has 0 aliphatic heterocycles. The third-order valence-corrected chi connectivity index (χ3v) is 2.52. The van der Waals surface area contributed by atoms with Crippen molar-refractivity contribution in [2.24, 2.45) is 0 Å². The van der Waals surface area contributed by atoms with E-state index < -0.39 is 4.92 Å². The van der Waals surface area contributed by atoms with Gasteiger partial charge in [0.1, 0.15) is 0 Å². The summed E-state index contributed by atoms with van der Waals surface area (Å²) in [5.41, 5.74) is 1.44. The normalized spacial score (nSPS) is 11.2. The van der Waals surface area contributed by atoms with Crippen molar-refractivity contribution in [3.05, 3.63) is 40.5 Å². The molecule has 0 spiro atoms. The Kier molecular flexibility index (Phi) is 3.57. The molecule has 94 valence electrons. The first kappa shape index (κ1) is 12.1. The van der Waals surface area contributed by atoms with Gasteiger partial charge >= 0.3 is 0 Å². The highest BCUT2D eigenvalue weighted by Crippen LogP contribution is 2.20. The summed E-state index contributed by atoms with van der Waals surface area (Å²) >= 11 is 0. The van der Waals surface area contributed by atoms with E-state index in [1.54, 1.807) is 6.07 Å². The number of nitrogens with zero attached hydrogens (tertiary/aromatic N) is 2. The molecule has 2 rings (SSSR count). The van der Waals surface area contributed by atoms with Crippen LogP contribution >= 0.6 is 0 Å². The van der Waals surface area contributed by atoms with Crippen LogP contribution in [0, 0.1) is 10.1 Å². The van der Waals surface area contributed by atoms with Crippen molar-refractivity contribution in [3.63, 3.8) is 0 Å². The van der Waals surface area contributed by atoms with Gasteiger partial charge in [0.15, 0.2) is 0 Å². The zero-order valence-electron chi connectivity index (χ0n) is 10.0. The monoisotopic (exact) mass is 246 g/mol. The molecule has 0 radical (unpaired) electrons. The SMILES string of the molecule is C/C=C/CCNc1nc2ccc([N+](=O)[O-])cc2[nH]1. The van der Waals surface area contributed by atoms with Crippen LogP contribution in [0.2, 0.25) is 0 Å². The zero-order chi connectivity index (χ0) is 13.0. The Morgan fingerprint density at radius 2 is 2.39 bits per heavy atom. The number of allylic oxidation sites excluding steroid dienone is 1. The van der Waals surface area contributed by atoms with Gasteiger partial charge in [0.25, 0.3) is 5.69 Å². The minimum atomic E-state index is -0.417. The summed E-state index contributed by atoms with van der Waals surface area (Å²) < 4.78 is 0. The van der Waals surface area contributed by atoms with Crippen LogP contribution in [0.25, 0.3) is 11.0 Å². The molecular formula is C12H14N4O2. The molecular weight excluding hydrogens is 232 g/mol. The Morgan fingerprint density at radius 3 is 3.11 bits per heavy atom. The second kappa shape index (κ2) is 5.31. The number of imidazole rings is 1. The molecule has 0 bridgehead atoms. The Bertz CT molecular complexity index is 589. The van der Waals surface area contributed by atoms with E-state index in [0.717, 1.165) is 13.0 Å². The van der Waals surface area contributed by atoms with Crippen molar-refractivity contribution in [2.45, 2.75) is 13.3 Å². The molecule has 18 heavy (non-hydrogen) atoms. The predicted molar refractivity (Wildman–Crippen MR) is 70.7 cm³/mol. The number of aromatic nitrogens is 2. The van der Waals surface area contributed by atoms with Crippen molar-refractivity contribution < 1.29 is 4.92 Å². The first-order chi connectivity index (χ1) is 8.70. The van der Waals surface area contributed by atoms with E-state index in [-0.39, 0.29) is 5.69 Å². The number of H-pyrrole nitrogens is 1. The summed E-state index contributed by atoms with van der Waals surface area (Å²) in [6, 6.07) is 4.58. The lowest BCUT2D eigenvalue weighted by Gasteiger charge is -1.97. The number of nitro groups is 1. The topological polar surface area (TPSA) is 83.8 Å². The van der Waals surface area contributed by atoms with Gasteiger partial charge < -0.3 is 10.3 Å². The summed E-state index contributed by atoms with van der Waals surface area (Å²) in [6.07, 6.45) is 4.96. The van der Waals surface area contributed by atoms with Gasteiger partial charge in [0, 0.05) is 18.7 Å². The van der Waals surface area contributed by atoms with E-state index in [1.165, 1.54) is 12.1 Å². The molecule has 1 heterocycles. The number of nitrogens with one attached hydrogen (secondary N) is 2. The lowest BCUT2D eigenvalue weighted by Crippen LogP contribution is -2.01. The molecule has 0 atom stereocenters. The molecule has 2 N–H and O–H groups in total. The minimum absolute atomic E-state index is 0.0617. The molecule has 0 unspecified atom stereocenters. The number of hydrogen-bond donors (Lipinski definition) is 2. The number of aromatic amines is 1. The summed E-state index contributed by atoms with van der Waals surface area (Å²) in [7, 11) is 0. The van der Waals surface area contributed by atoms with Crippen LogP contribution in [0.15, 0.2) is 30.4 Å². The Balaban J connectivity index is 2.14. The first-order valence-electron chi connectivity index (χ1n) is 5.70. The average Bonchev–Trinajstić information content (AvgIpc) is 2.76. The van der Waals surface area contributed by atoms with Gasteiger partial charge in [-0.1, -0.05) is 12.2 Å². The van der Waals surface area contributed by atoms with Crippen molar-refractivity contribution in [3.8, 4) is 0 Å². The van der Waals surface area contributed by atoms with Crippen LogP contribution in [0.5, 0.6) is 0 Å². The fourth-order valence-electron chi connectivity index (χ4n) is 1.64. The fourth-order valence-corrected chi connectivity index (χ4v) is 1.64.